The molecule has 1 amide bonds. The van der Waals surface area contributed by atoms with E-state index in [2.05, 4.69) is 36.9 Å². The van der Waals surface area contributed by atoms with Crippen LogP contribution in [-0.4, -0.2) is 37.4 Å². The molecule has 25 heavy (non-hydrogen) atoms. The zero-order chi connectivity index (χ0) is 18.9. The highest BCUT2D eigenvalue weighted by atomic mass is 32.1. The number of nitrogens with one attached hydrogen (secondary N) is 3. The van der Waals surface area contributed by atoms with Gasteiger partial charge in [-0.15, -0.1) is 0 Å². The van der Waals surface area contributed by atoms with Gasteiger partial charge in [-0.1, -0.05) is 32.9 Å². The molecule has 0 heterocycles. The molecule has 0 spiro atoms. The number of thiocarbonyl (C=S) groups is 1. The van der Waals surface area contributed by atoms with E-state index < -0.39 is 6.10 Å². The Morgan fingerprint density at radius 1 is 1.20 bits per heavy atom. The minimum atomic E-state index is -0.649. The van der Waals surface area contributed by atoms with Gasteiger partial charge in [0.25, 0.3) is 5.91 Å². The van der Waals surface area contributed by atoms with Gasteiger partial charge < -0.3 is 14.8 Å². The smallest absolute Gasteiger partial charge is 0.279 e. The maximum atomic E-state index is 12.0. The van der Waals surface area contributed by atoms with E-state index in [1.54, 1.807) is 14.0 Å². The molecule has 0 aromatic heterocycles. The molecule has 0 fully saturated rings. The van der Waals surface area contributed by atoms with Gasteiger partial charge >= 0.3 is 0 Å². The highest BCUT2D eigenvalue weighted by molar-refractivity contribution is 7.80. The number of amides is 1. The van der Waals surface area contributed by atoms with Crippen LogP contribution in [-0.2, 0) is 14.9 Å². The number of hydrogen-bond acceptors (Lipinski definition) is 4. The molecule has 140 valence electrons. The van der Waals surface area contributed by atoms with Gasteiger partial charge in [0, 0.05) is 20.3 Å². The molecular formula is C18H29N3O3S. The van der Waals surface area contributed by atoms with E-state index in [0.717, 1.165) is 6.42 Å². The normalized spacial score (nSPS) is 12.2. The van der Waals surface area contributed by atoms with Crippen LogP contribution in [0.4, 0.5) is 0 Å². The van der Waals surface area contributed by atoms with Gasteiger partial charge in [0.15, 0.2) is 11.2 Å². The molecule has 3 N–H and O–H groups in total. The van der Waals surface area contributed by atoms with Crippen molar-refractivity contribution in [3.05, 3.63) is 29.8 Å². The van der Waals surface area contributed by atoms with Crippen molar-refractivity contribution in [1.82, 2.24) is 16.2 Å². The maximum absolute atomic E-state index is 12.0. The number of ether oxygens (including phenoxy) is 2. The second-order valence-corrected chi connectivity index (χ2v) is 7.16. The van der Waals surface area contributed by atoms with Crippen molar-refractivity contribution in [2.75, 3.05) is 20.3 Å². The van der Waals surface area contributed by atoms with Crippen molar-refractivity contribution in [2.45, 2.75) is 45.6 Å². The van der Waals surface area contributed by atoms with E-state index in [1.165, 1.54) is 5.56 Å². The van der Waals surface area contributed by atoms with Gasteiger partial charge in [0.05, 0.1) is 0 Å². The Kier molecular flexibility index (Phi) is 8.65. The Morgan fingerprint density at radius 3 is 2.40 bits per heavy atom. The molecule has 6 nitrogen and oxygen atoms in total. The minimum Gasteiger partial charge on any atom is -0.481 e. The average Bonchev–Trinajstić information content (AvgIpc) is 2.56. The summed E-state index contributed by atoms with van der Waals surface area (Å²) in [6.45, 7) is 9.46. The van der Waals surface area contributed by atoms with Crippen LogP contribution in [0, 0.1) is 0 Å². The van der Waals surface area contributed by atoms with E-state index in [1.807, 2.05) is 24.3 Å². The number of carbonyl (C=O) groups excluding carboxylic acids is 1. The van der Waals surface area contributed by atoms with E-state index in [-0.39, 0.29) is 11.3 Å². The monoisotopic (exact) mass is 367 g/mol. The van der Waals surface area contributed by atoms with E-state index in [4.69, 9.17) is 21.7 Å². The lowest BCUT2D eigenvalue weighted by Gasteiger charge is -2.20. The van der Waals surface area contributed by atoms with Gasteiger partial charge in [-0.05, 0) is 48.7 Å². The Balaban J connectivity index is 2.37. The summed E-state index contributed by atoms with van der Waals surface area (Å²) in [4.78, 5) is 12.0. The molecule has 0 saturated carbocycles. The summed E-state index contributed by atoms with van der Waals surface area (Å²) in [5, 5.41) is 3.32. The Morgan fingerprint density at radius 2 is 1.84 bits per heavy atom. The molecule has 0 saturated heterocycles. The molecule has 1 aromatic rings. The van der Waals surface area contributed by atoms with Crippen molar-refractivity contribution in [1.29, 1.82) is 0 Å². The fourth-order valence-corrected chi connectivity index (χ4v) is 2.13. The van der Waals surface area contributed by atoms with Gasteiger partial charge in [-0.3, -0.25) is 15.6 Å². The van der Waals surface area contributed by atoms with Gasteiger partial charge in [-0.25, -0.2) is 0 Å². The summed E-state index contributed by atoms with van der Waals surface area (Å²) in [5.74, 6) is 0.344. The molecule has 0 aliphatic rings. The van der Waals surface area contributed by atoms with Crippen LogP contribution < -0.4 is 20.9 Å². The van der Waals surface area contributed by atoms with Gasteiger partial charge in [0.1, 0.15) is 5.75 Å². The Labute approximate surface area is 155 Å². The third kappa shape index (κ3) is 8.18. The number of hydrazine groups is 1. The van der Waals surface area contributed by atoms with Crippen LogP contribution in [0.5, 0.6) is 5.75 Å². The molecule has 1 rings (SSSR count). The van der Waals surface area contributed by atoms with Gasteiger partial charge in [0.2, 0.25) is 0 Å². The summed E-state index contributed by atoms with van der Waals surface area (Å²) >= 11 is 5.07. The van der Waals surface area contributed by atoms with Crippen molar-refractivity contribution in [3.63, 3.8) is 0 Å². The second kappa shape index (κ2) is 10.2. The van der Waals surface area contributed by atoms with Crippen molar-refractivity contribution >= 4 is 23.2 Å². The van der Waals surface area contributed by atoms with Crippen molar-refractivity contribution < 1.29 is 14.3 Å². The number of hydrogen-bond donors (Lipinski definition) is 3. The minimum absolute atomic E-state index is 0.0807. The van der Waals surface area contributed by atoms with E-state index in [0.29, 0.717) is 24.0 Å². The van der Waals surface area contributed by atoms with Gasteiger partial charge in [-0.2, -0.15) is 0 Å². The number of carbonyl (C=O) groups is 1. The summed E-state index contributed by atoms with van der Waals surface area (Å²) in [6.07, 6.45) is 0.181. The zero-order valence-corrected chi connectivity index (χ0v) is 16.5. The lowest BCUT2D eigenvalue weighted by atomic mass is 9.87. The summed E-state index contributed by atoms with van der Waals surface area (Å²) in [7, 11) is 1.65. The average molecular weight is 368 g/mol. The second-order valence-electron chi connectivity index (χ2n) is 6.75. The van der Waals surface area contributed by atoms with E-state index in [9.17, 15) is 4.79 Å². The standard InChI is InChI=1S/C18H29N3O3S/c1-13(16(22)20-21-17(25)19-11-6-12-23-5)24-15-9-7-14(8-10-15)18(2,3)4/h7-10,13H,6,11-12H2,1-5H3,(H,20,22)(H2,19,21,25)/t13-/m1/s1. The Hall–Kier alpha value is -1.86. The maximum Gasteiger partial charge on any atom is 0.279 e. The SMILES string of the molecule is COCCCNC(=S)NNC(=O)[C@@H](C)Oc1ccc(C(C)(C)C)cc1. The predicted molar refractivity (Wildman–Crippen MR) is 104 cm³/mol. The number of rotatable bonds is 7. The van der Waals surface area contributed by atoms with Crippen molar-refractivity contribution in [2.24, 2.45) is 0 Å². The summed E-state index contributed by atoms with van der Waals surface area (Å²) in [5.41, 5.74) is 6.48. The van der Waals surface area contributed by atoms with Crippen LogP contribution >= 0.6 is 12.2 Å². The first kappa shape index (κ1) is 21.2. The molecule has 0 bridgehead atoms. The largest absolute Gasteiger partial charge is 0.481 e. The topological polar surface area (TPSA) is 71.6 Å². The third-order valence-corrected chi connectivity index (χ3v) is 3.76. The Bertz CT molecular complexity index is 556. The first-order chi connectivity index (χ1) is 11.7. The predicted octanol–water partition coefficient (Wildman–Crippen LogP) is 2.28. The molecule has 1 aromatic carbocycles. The van der Waals surface area contributed by atoms with Crippen LogP contribution in [0.25, 0.3) is 0 Å². The zero-order valence-electron chi connectivity index (χ0n) is 15.6. The van der Waals surface area contributed by atoms with Crippen LogP contribution in [0.3, 0.4) is 0 Å². The molecule has 0 aliphatic carbocycles. The lowest BCUT2D eigenvalue weighted by molar-refractivity contribution is -0.127. The number of benzene rings is 1. The fourth-order valence-electron chi connectivity index (χ4n) is 1.97. The fraction of sp³-hybridized carbons (Fsp3) is 0.556. The molecule has 0 aliphatic heterocycles. The molecule has 0 unspecified atom stereocenters. The molecule has 7 heteroatoms. The quantitative estimate of drug-likeness (QED) is 0.390. The third-order valence-electron chi connectivity index (χ3n) is 3.51. The molecular weight excluding hydrogens is 338 g/mol. The summed E-state index contributed by atoms with van der Waals surface area (Å²) < 4.78 is 10.6. The first-order valence-corrected chi connectivity index (χ1v) is 8.74. The molecule has 0 radical (unpaired) electrons. The molecule has 1 atom stereocenters. The van der Waals surface area contributed by atoms with Crippen LogP contribution in [0.2, 0.25) is 0 Å². The number of methoxy groups -OCH3 is 1. The van der Waals surface area contributed by atoms with E-state index >= 15 is 0 Å². The first-order valence-electron chi connectivity index (χ1n) is 8.34. The van der Waals surface area contributed by atoms with Crippen LogP contribution in [0.15, 0.2) is 24.3 Å². The highest BCUT2D eigenvalue weighted by Crippen LogP contribution is 2.24. The van der Waals surface area contributed by atoms with Crippen LogP contribution in [0.1, 0.15) is 39.7 Å². The van der Waals surface area contributed by atoms with Crippen molar-refractivity contribution in [3.8, 4) is 5.75 Å². The summed E-state index contributed by atoms with van der Waals surface area (Å²) in [6, 6.07) is 7.77. The lowest BCUT2D eigenvalue weighted by Crippen LogP contribution is -2.50. The highest BCUT2D eigenvalue weighted by Gasteiger charge is 2.16.